The van der Waals surface area contributed by atoms with Crippen molar-refractivity contribution >= 4 is 46.2 Å². The molecule has 0 radical (unpaired) electrons. The zero-order valence-corrected chi connectivity index (χ0v) is 24.8. The molecule has 0 bridgehead atoms. The van der Waals surface area contributed by atoms with Gasteiger partial charge in [0.05, 0.1) is 12.6 Å². The third-order valence-corrected chi connectivity index (χ3v) is 8.18. The molecule has 206 valence electrons. The fourth-order valence-electron chi connectivity index (χ4n) is 5.42. The summed E-state index contributed by atoms with van der Waals surface area (Å²) in [6, 6.07) is 17.6. The summed E-state index contributed by atoms with van der Waals surface area (Å²) in [6.45, 7) is 8.85. The van der Waals surface area contributed by atoms with Crippen LogP contribution in [0.25, 0.3) is 0 Å². The molecule has 0 saturated carbocycles. The first-order valence-corrected chi connectivity index (χ1v) is 14.0. The first kappa shape index (κ1) is 30.1. The van der Waals surface area contributed by atoms with Crippen molar-refractivity contribution in [3.63, 3.8) is 0 Å². The van der Waals surface area contributed by atoms with Gasteiger partial charge in [-0.15, -0.1) is 12.4 Å². The van der Waals surface area contributed by atoms with Crippen molar-refractivity contribution in [3.05, 3.63) is 70.2 Å². The Morgan fingerprint density at radius 2 is 1.66 bits per heavy atom. The highest BCUT2D eigenvalue weighted by atomic mass is 79.9. The number of imide groups is 1. The van der Waals surface area contributed by atoms with Crippen LogP contribution in [0.4, 0.5) is 4.79 Å². The number of nitrogens with one attached hydrogen (secondary N) is 1. The number of halogens is 2. The molecule has 2 aromatic carbocycles. The van der Waals surface area contributed by atoms with Gasteiger partial charge in [0.2, 0.25) is 5.91 Å². The zero-order valence-electron chi connectivity index (χ0n) is 22.4. The minimum absolute atomic E-state index is 0. The molecule has 4 amide bonds. The maximum Gasteiger partial charge on any atom is 0.327 e. The Bertz CT molecular complexity index is 1100. The Morgan fingerprint density at radius 3 is 2.24 bits per heavy atom. The van der Waals surface area contributed by atoms with Crippen LogP contribution in [0.15, 0.2) is 59.1 Å². The predicted octanol–water partition coefficient (Wildman–Crippen LogP) is 5.39. The van der Waals surface area contributed by atoms with Crippen LogP contribution < -0.4 is 5.32 Å². The number of rotatable bonds is 9. The Labute approximate surface area is 240 Å². The lowest BCUT2D eigenvalue weighted by molar-refractivity contribution is -0.136. The highest BCUT2D eigenvalue weighted by Gasteiger charge is 2.57. The predicted molar refractivity (Wildman–Crippen MR) is 155 cm³/mol. The topological polar surface area (TPSA) is 73.0 Å². The number of piperidine rings is 1. The van der Waals surface area contributed by atoms with Gasteiger partial charge in [0.15, 0.2) is 0 Å². The molecule has 2 aliphatic rings. The van der Waals surface area contributed by atoms with E-state index in [1.165, 1.54) is 4.90 Å². The van der Waals surface area contributed by atoms with E-state index in [0.29, 0.717) is 25.9 Å². The minimum atomic E-state index is -0.762. The molecule has 38 heavy (non-hydrogen) atoms. The normalized spacial score (nSPS) is 18.1. The van der Waals surface area contributed by atoms with Crippen molar-refractivity contribution in [2.45, 2.75) is 58.2 Å². The molecule has 2 aromatic rings. The van der Waals surface area contributed by atoms with Crippen LogP contribution >= 0.6 is 28.3 Å². The van der Waals surface area contributed by atoms with E-state index in [-0.39, 0.29) is 42.2 Å². The molecule has 4 rings (SSSR count). The molecule has 0 aliphatic carbocycles. The molecule has 7 nitrogen and oxygen atoms in total. The van der Waals surface area contributed by atoms with Crippen LogP contribution in [0.5, 0.6) is 0 Å². The van der Waals surface area contributed by atoms with Gasteiger partial charge in [-0.25, -0.2) is 4.79 Å². The van der Waals surface area contributed by atoms with Gasteiger partial charge in [-0.3, -0.25) is 14.5 Å². The first-order valence-electron chi connectivity index (χ1n) is 13.2. The third kappa shape index (κ3) is 6.41. The Hall–Kier alpha value is -2.42. The van der Waals surface area contributed by atoms with Crippen LogP contribution in [0, 0.1) is 5.92 Å². The smallest absolute Gasteiger partial charge is 0.327 e. The number of nitrogens with zero attached hydrogens (tertiary/aromatic N) is 3. The second kappa shape index (κ2) is 13.1. The average Bonchev–Trinajstić information content (AvgIpc) is 3.09. The molecule has 0 unspecified atom stereocenters. The van der Waals surface area contributed by atoms with Gasteiger partial charge in [-0.2, -0.15) is 0 Å². The van der Waals surface area contributed by atoms with E-state index in [1.54, 1.807) is 4.90 Å². The Kier molecular flexibility index (Phi) is 10.4. The second-order valence-electron chi connectivity index (χ2n) is 10.3. The Morgan fingerprint density at radius 1 is 1.03 bits per heavy atom. The van der Waals surface area contributed by atoms with Gasteiger partial charge >= 0.3 is 6.03 Å². The van der Waals surface area contributed by atoms with Crippen LogP contribution in [0.3, 0.4) is 0 Å². The number of benzene rings is 2. The number of urea groups is 1. The summed E-state index contributed by atoms with van der Waals surface area (Å²) in [5.74, 6) is -0.105. The summed E-state index contributed by atoms with van der Waals surface area (Å²) in [7, 11) is 0. The molecule has 1 N–H and O–H groups in total. The minimum Gasteiger partial charge on any atom is -0.349 e. The number of carbonyl (C=O) groups excluding carboxylic acids is 3. The largest absolute Gasteiger partial charge is 0.349 e. The van der Waals surface area contributed by atoms with Crippen molar-refractivity contribution in [2.24, 2.45) is 5.92 Å². The summed E-state index contributed by atoms with van der Waals surface area (Å²) < 4.78 is 0.965. The van der Waals surface area contributed by atoms with Gasteiger partial charge in [-0.05, 0) is 49.4 Å². The molecular weight excluding hydrogens is 568 g/mol. The third-order valence-electron chi connectivity index (χ3n) is 7.65. The van der Waals surface area contributed by atoms with E-state index < -0.39 is 5.54 Å². The quantitative estimate of drug-likeness (QED) is 0.389. The van der Waals surface area contributed by atoms with Gasteiger partial charge in [0, 0.05) is 36.6 Å². The van der Waals surface area contributed by atoms with Crippen molar-refractivity contribution in [2.75, 3.05) is 26.2 Å². The maximum atomic E-state index is 13.7. The van der Waals surface area contributed by atoms with Crippen molar-refractivity contribution in [1.82, 2.24) is 20.0 Å². The SMILES string of the molecule is CCN1C(=O)N(Cc2ccc(Br)cc2)C(=O)C12CCN(CC[C@H](NC(=O)C(C)C)c1ccccc1)CC2.Cl. The lowest BCUT2D eigenvalue weighted by atomic mass is 9.85. The van der Waals surface area contributed by atoms with Crippen LogP contribution in [0.2, 0.25) is 0 Å². The van der Waals surface area contributed by atoms with E-state index >= 15 is 0 Å². The average molecular weight is 606 g/mol. The maximum absolute atomic E-state index is 13.7. The van der Waals surface area contributed by atoms with Gasteiger partial charge < -0.3 is 15.1 Å². The van der Waals surface area contributed by atoms with E-state index in [1.807, 2.05) is 63.2 Å². The summed E-state index contributed by atoms with van der Waals surface area (Å²) >= 11 is 3.44. The fraction of sp³-hybridized carbons (Fsp3) is 0.483. The molecule has 2 saturated heterocycles. The molecule has 2 aliphatic heterocycles. The second-order valence-corrected chi connectivity index (χ2v) is 11.2. The number of hydrogen-bond donors (Lipinski definition) is 1. The summed E-state index contributed by atoms with van der Waals surface area (Å²) in [6.07, 6.45) is 2.03. The van der Waals surface area contributed by atoms with Gasteiger partial charge in [0.1, 0.15) is 5.54 Å². The monoisotopic (exact) mass is 604 g/mol. The standard InChI is InChI=1S/C29H37BrN4O3.ClH/c1-4-34-28(37)33(20-22-10-12-24(30)13-11-22)27(36)29(34)15-18-32(19-16-29)17-14-25(31-26(35)21(2)3)23-8-6-5-7-9-23;/h5-13,21,25H,4,14-20H2,1-3H3,(H,31,35);1H/t25-;/m0./s1. The molecule has 1 atom stereocenters. The van der Waals surface area contributed by atoms with Gasteiger partial charge in [-0.1, -0.05) is 72.2 Å². The summed E-state index contributed by atoms with van der Waals surface area (Å²) in [5.41, 5.74) is 1.27. The molecular formula is C29H38BrClN4O3. The summed E-state index contributed by atoms with van der Waals surface area (Å²) in [5, 5.41) is 3.20. The van der Waals surface area contributed by atoms with E-state index in [4.69, 9.17) is 0 Å². The van der Waals surface area contributed by atoms with Gasteiger partial charge in [0.25, 0.3) is 5.91 Å². The highest BCUT2D eigenvalue weighted by Crippen LogP contribution is 2.38. The van der Waals surface area contributed by atoms with Crippen molar-refractivity contribution < 1.29 is 14.4 Å². The van der Waals surface area contributed by atoms with Crippen LogP contribution in [-0.4, -0.2) is 64.3 Å². The van der Waals surface area contributed by atoms with E-state index in [0.717, 1.165) is 41.7 Å². The van der Waals surface area contributed by atoms with Crippen molar-refractivity contribution in [3.8, 4) is 0 Å². The van der Waals surface area contributed by atoms with E-state index in [9.17, 15) is 14.4 Å². The number of amides is 4. The molecule has 1 spiro atoms. The number of carbonyl (C=O) groups is 3. The molecule has 9 heteroatoms. The lowest BCUT2D eigenvalue weighted by Crippen LogP contribution is -2.56. The first-order chi connectivity index (χ1) is 17.7. The lowest BCUT2D eigenvalue weighted by Gasteiger charge is -2.42. The zero-order chi connectivity index (χ0) is 26.6. The number of likely N-dealkylation sites (N-methyl/N-ethyl adjacent to an activating group) is 1. The van der Waals surface area contributed by atoms with Crippen LogP contribution in [0.1, 0.15) is 57.2 Å². The fourth-order valence-corrected chi connectivity index (χ4v) is 5.68. The number of likely N-dealkylation sites (tertiary alicyclic amines) is 1. The van der Waals surface area contributed by atoms with E-state index in [2.05, 4.69) is 38.3 Å². The number of hydrogen-bond acceptors (Lipinski definition) is 4. The molecule has 2 heterocycles. The summed E-state index contributed by atoms with van der Waals surface area (Å²) in [4.78, 5) is 44.9. The molecule has 2 fully saturated rings. The highest BCUT2D eigenvalue weighted by molar-refractivity contribution is 9.10. The molecule has 0 aromatic heterocycles. The Balaban J connectivity index is 0.00000400. The van der Waals surface area contributed by atoms with Crippen LogP contribution in [-0.2, 0) is 16.1 Å². The van der Waals surface area contributed by atoms with Crippen molar-refractivity contribution in [1.29, 1.82) is 0 Å².